The van der Waals surface area contributed by atoms with Gasteiger partial charge in [-0.15, -0.1) is 0 Å². The zero-order chi connectivity index (χ0) is 15.2. The van der Waals surface area contributed by atoms with E-state index in [9.17, 15) is 4.79 Å². The van der Waals surface area contributed by atoms with Gasteiger partial charge in [-0.1, -0.05) is 25.1 Å². The molecule has 0 bridgehead atoms. The van der Waals surface area contributed by atoms with Gasteiger partial charge in [-0.05, 0) is 61.2 Å². The van der Waals surface area contributed by atoms with Crippen LogP contribution < -0.4 is 10.1 Å². The standard InChI is InChI=1S/C18H21NO2/c1-4-15-5-7-17(8-6-15)21-12-18(20)19-16-10-13(2)9-14(3)11-16/h5-11H,4,12H2,1-3H3,(H,19,20). The first-order valence-electron chi connectivity index (χ1n) is 7.16. The molecule has 3 nitrogen and oxygen atoms in total. The highest BCUT2D eigenvalue weighted by atomic mass is 16.5. The minimum atomic E-state index is -0.153. The van der Waals surface area contributed by atoms with Crippen molar-refractivity contribution in [2.24, 2.45) is 0 Å². The number of nitrogens with one attached hydrogen (secondary N) is 1. The van der Waals surface area contributed by atoms with Gasteiger partial charge in [-0.2, -0.15) is 0 Å². The monoisotopic (exact) mass is 283 g/mol. The van der Waals surface area contributed by atoms with Crippen LogP contribution in [0.1, 0.15) is 23.6 Å². The van der Waals surface area contributed by atoms with Crippen molar-refractivity contribution in [3.8, 4) is 5.75 Å². The smallest absolute Gasteiger partial charge is 0.262 e. The minimum absolute atomic E-state index is 0.0124. The average Bonchev–Trinajstić information content (AvgIpc) is 2.44. The summed E-state index contributed by atoms with van der Waals surface area (Å²) < 4.78 is 5.49. The van der Waals surface area contributed by atoms with Crippen molar-refractivity contribution in [2.45, 2.75) is 27.2 Å². The van der Waals surface area contributed by atoms with E-state index in [1.165, 1.54) is 5.56 Å². The summed E-state index contributed by atoms with van der Waals surface area (Å²) in [5.41, 5.74) is 4.31. The van der Waals surface area contributed by atoms with Crippen molar-refractivity contribution < 1.29 is 9.53 Å². The summed E-state index contributed by atoms with van der Waals surface area (Å²) >= 11 is 0. The summed E-state index contributed by atoms with van der Waals surface area (Å²) in [4.78, 5) is 11.9. The largest absolute Gasteiger partial charge is 0.484 e. The van der Waals surface area contributed by atoms with Gasteiger partial charge in [-0.3, -0.25) is 4.79 Å². The molecule has 0 unspecified atom stereocenters. The Kier molecular flexibility index (Phi) is 4.99. The van der Waals surface area contributed by atoms with E-state index < -0.39 is 0 Å². The number of hydrogen-bond acceptors (Lipinski definition) is 2. The Morgan fingerprint density at radius 1 is 1.05 bits per heavy atom. The van der Waals surface area contributed by atoms with Crippen molar-refractivity contribution in [1.29, 1.82) is 0 Å². The number of carbonyl (C=O) groups is 1. The topological polar surface area (TPSA) is 38.3 Å². The third-order valence-electron chi connectivity index (χ3n) is 3.21. The summed E-state index contributed by atoms with van der Waals surface area (Å²) in [6, 6.07) is 13.8. The second kappa shape index (κ2) is 6.93. The first-order valence-corrected chi connectivity index (χ1v) is 7.16. The Morgan fingerprint density at radius 3 is 2.24 bits per heavy atom. The molecule has 0 atom stereocenters. The highest BCUT2D eigenvalue weighted by Crippen LogP contribution is 2.15. The minimum Gasteiger partial charge on any atom is -0.484 e. The maximum Gasteiger partial charge on any atom is 0.262 e. The Balaban J connectivity index is 1.89. The van der Waals surface area contributed by atoms with Crippen LogP contribution >= 0.6 is 0 Å². The van der Waals surface area contributed by atoms with Gasteiger partial charge in [0.2, 0.25) is 0 Å². The van der Waals surface area contributed by atoms with Gasteiger partial charge in [0.15, 0.2) is 6.61 Å². The second-order valence-electron chi connectivity index (χ2n) is 5.21. The molecule has 1 N–H and O–H groups in total. The lowest BCUT2D eigenvalue weighted by Crippen LogP contribution is -2.20. The first-order chi connectivity index (χ1) is 10.1. The fourth-order valence-electron chi connectivity index (χ4n) is 2.21. The van der Waals surface area contributed by atoms with E-state index in [1.807, 2.05) is 50.2 Å². The number of ether oxygens (including phenoxy) is 1. The molecular formula is C18H21NO2. The van der Waals surface area contributed by atoms with Crippen LogP contribution in [0.25, 0.3) is 0 Å². The zero-order valence-corrected chi connectivity index (χ0v) is 12.8. The molecule has 0 heterocycles. The summed E-state index contributed by atoms with van der Waals surface area (Å²) in [7, 11) is 0. The molecule has 0 spiro atoms. The molecule has 0 radical (unpaired) electrons. The zero-order valence-electron chi connectivity index (χ0n) is 12.8. The Hall–Kier alpha value is -2.29. The molecule has 3 heteroatoms. The average molecular weight is 283 g/mol. The van der Waals surface area contributed by atoms with E-state index >= 15 is 0 Å². The molecule has 0 saturated heterocycles. The van der Waals surface area contributed by atoms with Gasteiger partial charge in [0.05, 0.1) is 0 Å². The maximum atomic E-state index is 11.9. The maximum absolute atomic E-state index is 11.9. The van der Waals surface area contributed by atoms with Crippen LogP contribution in [0.15, 0.2) is 42.5 Å². The predicted octanol–water partition coefficient (Wildman–Crippen LogP) is 3.88. The van der Waals surface area contributed by atoms with Crippen molar-refractivity contribution in [2.75, 3.05) is 11.9 Å². The molecule has 0 aliphatic rings. The fourth-order valence-corrected chi connectivity index (χ4v) is 2.21. The van der Waals surface area contributed by atoms with Gasteiger partial charge >= 0.3 is 0 Å². The van der Waals surface area contributed by atoms with Gasteiger partial charge < -0.3 is 10.1 Å². The number of benzene rings is 2. The summed E-state index contributed by atoms with van der Waals surface area (Å²) in [5.74, 6) is 0.558. The molecular weight excluding hydrogens is 262 g/mol. The van der Waals surface area contributed by atoms with E-state index in [-0.39, 0.29) is 12.5 Å². The molecule has 1 amide bonds. The molecule has 0 aliphatic carbocycles. The van der Waals surface area contributed by atoms with Crippen LogP contribution in [-0.4, -0.2) is 12.5 Å². The highest BCUT2D eigenvalue weighted by Gasteiger charge is 2.04. The van der Waals surface area contributed by atoms with Crippen LogP contribution in [0.2, 0.25) is 0 Å². The molecule has 21 heavy (non-hydrogen) atoms. The molecule has 110 valence electrons. The third kappa shape index (κ3) is 4.63. The normalized spacial score (nSPS) is 10.2. The molecule has 2 aromatic carbocycles. The van der Waals surface area contributed by atoms with E-state index in [0.29, 0.717) is 5.75 Å². The van der Waals surface area contributed by atoms with Gasteiger partial charge in [0.1, 0.15) is 5.75 Å². The fraction of sp³-hybridized carbons (Fsp3) is 0.278. The van der Waals surface area contributed by atoms with Crippen molar-refractivity contribution in [1.82, 2.24) is 0 Å². The van der Waals surface area contributed by atoms with Crippen LogP contribution in [-0.2, 0) is 11.2 Å². The van der Waals surface area contributed by atoms with Gasteiger partial charge in [-0.25, -0.2) is 0 Å². The lowest BCUT2D eigenvalue weighted by Gasteiger charge is -2.09. The Morgan fingerprint density at radius 2 is 1.67 bits per heavy atom. The quantitative estimate of drug-likeness (QED) is 0.904. The Bertz CT molecular complexity index is 597. The van der Waals surface area contributed by atoms with Crippen LogP contribution in [0.5, 0.6) is 5.75 Å². The lowest BCUT2D eigenvalue weighted by molar-refractivity contribution is -0.118. The molecule has 0 saturated carbocycles. The van der Waals surface area contributed by atoms with Crippen molar-refractivity contribution in [3.05, 3.63) is 59.2 Å². The Labute approximate surface area is 126 Å². The predicted molar refractivity (Wildman–Crippen MR) is 85.9 cm³/mol. The van der Waals surface area contributed by atoms with E-state index in [0.717, 1.165) is 23.2 Å². The first kappa shape index (κ1) is 15.1. The highest BCUT2D eigenvalue weighted by molar-refractivity contribution is 5.92. The van der Waals surface area contributed by atoms with E-state index in [1.54, 1.807) is 0 Å². The van der Waals surface area contributed by atoms with Crippen LogP contribution in [0, 0.1) is 13.8 Å². The van der Waals surface area contributed by atoms with Crippen LogP contribution in [0.4, 0.5) is 5.69 Å². The molecule has 0 aliphatic heterocycles. The number of aryl methyl sites for hydroxylation is 3. The lowest BCUT2D eigenvalue weighted by atomic mass is 10.1. The van der Waals surface area contributed by atoms with Crippen molar-refractivity contribution in [3.63, 3.8) is 0 Å². The third-order valence-corrected chi connectivity index (χ3v) is 3.21. The van der Waals surface area contributed by atoms with Gasteiger partial charge in [0, 0.05) is 5.69 Å². The summed E-state index contributed by atoms with van der Waals surface area (Å²) in [5, 5.41) is 2.85. The molecule has 0 aromatic heterocycles. The second-order valence-corrected chi connectivity index (χ2v) is 5.21. The molecule has 2 aromatic rings. The van der Waals surface area contributed by atoms with Crippen molar-refractivity contribution >= 4 is 11.6 Å². The van der Waals surface area contributed by atoms with E-state index in [2.05, 4.69) is 18.3 Å². The number of anilines is 1. The SMILES string of the molecule is CCc1ccc(OCC(=O)Nc2cc(C)cc(C)c2)cc1. The molecule has 2 rings (SSSR count). The number of carbonyl (C=O) groups excluding carboxylic acids is 1. The number of hydrogen-bond donors (Lipinski definition) is 1. The summed E-state index contributed by atoms with van der Waals surface area (Å²) in [6.07, 6.45) is 0.994. The van der Waals surface area contributed by atoms with Gasteiger partial charge in [0.25, 0.3) is 5.91 Å². The number of rotatable bonds is 5. The number of amides is 1. The van der Waals surface area contributed by atoms with E-state index in [4.69, 9.17) is 4.74 Å². The summed E-state index contributed by atoms with van der Waals surface area (Å²) in [6.45, 7) is 6.13. The van der Waals surface area contributed by atoms with Crippen LogP contribution in [0.3, 0.4) is 0 Å². The molecule has 0 fully saturated rings.